The van der Waals surface area contributed by atoms with Gasteiger partial charge in [0.15, 0.2) is 6.10 Å². The molecule has 0 aliphatic carbocycles. The zero-order valence-electron chi connectivity index (χ0n) is 36.7. The third kappa shape index (κ3) is 41.9. The lowest BCUT2D eigenvalue weighted by molar-refractivity contribution is -0.870. The number of unbranched alkanes of at least 4 members (excludes halogenated alkanes) is 23. The van der Waals surface area contributed by atoms with Crippen LogP contribution in [-0.4, -0.2) is 70.0 Å². The molecule has 328 valence electrons. The summed E-state index contributed by atoms with van der Waals surface area (Å²) in [4.78, 5) is 37.5. The topological polar surface area (TPSA) is 111 Å². The maximum Gasteiger partial charge on any atom is 0.306 e. The highest BCUT2D eigenvalue weighted by molar-refractivity contribution is 7.45. The second kappa shape index (κ2) is 38.7. The van der Waals surface area contributed by atoms with Crippen molar-refractivity contribution in [1.82, 2.24) is 0 Å². The molecular formula is C46H86NO8P. The van der Waals surface area contributed by atoms with Gasteiger partial charge in [0.1, 0.15) is 19.8 Å². The van der Waals surface area contributed by atoms with Gasteiger partial charge in [-0.3, -0.25) is 14.2 Å². The lowest BCUT2D eigenvalue weighted by Gasteiger charge is -2.28. The average molecular weight is 812 g/mol. The van der Waals surface area contributed by atoms with Crippen LogP contribution in [0.15, 0.2) is 37.0 Å². The predicted molar refractivity (Wildman–Crippen MR) is 231 cm³/mol. The van der Waals surface area contributed by atoms with Crippen molar-refractivity contribution in [1.29, 1.82) is 0 Å². The average Bonchev–Trinajstić information content (AvgIpc) is 3.15. The highest BCUT2D eigenvalue weighted by Gasteiger charge is 2.21. The number of carbonyl (C=O) groups is 2. The Morgan fingerprint density at radius 2 is 1.07 bits per heavy atom. The van der Waals surface area contributed by atoms with Gasteiger partial charge in [-0.15, -0.1) is 6.58 Å². The number of rotatable bonds is 42. The molecule has 0 aliphatic heterocycles. The number of hydrogen-bond donors (Lipinski definition) is 0. The fraction of sp³-hybridized carbons (Fsp3) is 0.826. The molecule has 0 spiro atoms. The zero-order valence-corrected chi connectivity index (χ0v) is 37.6. The third-order valence-electron chi connectivity index (χ3n) is 9.78. The molecule has 0 aromatic carbocycles. The summed E-state index contributed by atoms with van der Waals surface area (Å²) >= 11 is 0. The molecule has 0 bridgehead atoms. The van der Waals surface area contributed by atoms with Gasteiger partial charge in [-0.2, -0.15) is 0 Å². The number of hydrogen-bond acceptors (Lipinski definition) is 8. The van der Waals surface area contributed by atoms with Crippen LogP contribution in [0.3, 0.4) is 0 Å². The molecule has 10 heteroatoms. The summed E-state index contributed by atoms with van der Waals surface area (Å²) < 4.78 is 33.9. The molecule has 0 amide bonds. The molecule has 0 N–H and O–H groups in total. The monoisotopic (exact) mass is 812 g/mol. The summed E-state index contributed by atoms with van der Waals surface area (Å²) in [7, 11) is 1.14. The van der Waals surface area contributed by atoms with Crippen molar-refractivity contribution >= 4 is 19.8 Å². The quantitative estimate of drug-likeness (QED) is 0.0197. The first-order valence-electron chi connectivity index (χ1n) is 22.7. The van der Waals surface area contributed by atoms with Gasteiger partial charge in [-0.05, 0) is 51.4 Å². The number of esters is 2. The molecule has 0 rings (SSSR count). The van der Waals surface area contributed by atoms with E-state index in [4.69, 9.17) is 18.5 Å². The lowest BCUT2D eigenvalue weighted by atomic mass is 10.0. The van der Waals surface area contributed by atoms with Crippen molar-refractivity contribution in [2.45, 2.75) is 199 Å². The fourth-order valence-electron chi connectivity index (χ4n) is 6.20. The highest BCUT2D eigenvalue weighted by atomic mass is 31.2. The first kappa shape index (κ1) is 54.2. The Balaban J connectivity index is 4.37. The minimum Gasteiger partial charge on any atom is -0.756 e. The Kier molecular flexibility index (Phi) is 37.5. The molecule has 9 nitrogen and oxygen atoms in total. The van der Waals surface area contributed by atoms with Crippen molar-refractivity contribution in [2.75, 3.05) is 47.5 Å². The van der Waals surface area contributed by atoms with Crippen LogP contribution >= 0.6 is 7.82 Å². The standard InChI is InChI=1S/C46H86NO8P/c1-6-8-10-12-14-16-18-20-22-23-25-26-28-30-32-34-36-38-45(48)52-42-44(43-54-56(50,51)53-41-40-47(3,4)5)55-46(49)39-37-35-33-31-29-27-24-21-19-17-15-13-11-9-7-2/h7,25-26,30,32,44H,2,6,8-24,27-29,31,33-43H2,1,3-5H3/b26-25+,32-30+/t44-/m1/s1. The van der Waals surface area contributed by atoms with Crippen LogP contribution in [0.25, 0.3) is 0 Å². The van der Waals surface area contributed by atoms with E-state index in [1.165, 1.54) is 116 Å². The van der Waals surface area contributed by atoms with E-state index < -0.39 is 32.5 Å². The highest BCUT2D eigenvalue weighted by Crippen LogP contribution is 2.38. The van der Waals surface area contributed by atoms with Gasteiger partial charge >= 0.3 is 11.9 Å². The summed E-state index contributed by atoms with van der Waals surface area (Å²) in [5.74, 6) is -0.887. The normalized spacial score (nSPS) is 13.7. The van der Waals surface area contributed by atoms with E-state index in [-0.39, 0.29) is 26.1 Å². The number of phosphoric acid groups is 1. The van der Waals surface area contributed by atoms with Crippen molar-refractivity contribution in [2.24, 2.45) is 0 Å². The molecule has 2 atom stereocenters. The minimum absolute atomic E-state index is 0.0372. The SMILES string of the molecule is C=CCCCCCCCCCCCCCCCC(=O)O[C@H](COC(=O)CCC/C=C/C/C=C/CCCCCCCCCCC)COP(=O)([O-])OCC[N+](C)(C)C. The van der Waals surface area contributed by atoms with Crippen LogP contribution < -0.4 is 4.89 Å². The van der Waals surface area contributed by atoms with Crippen LogP contribution in [0.4, 0.5) is 0 Å². The predicted octanol–water partition coefficient (Wildman–Crippen LogP) is 12.3. The Morgan fingerprint density at radius 1 is 0.607 bits per heavy atom. The third-order valence-corrected chi connectivity index (χ3v) is 10.7. The van der Waals surface area contributed by atoms with Gasteiger partial charge in [-0.1, -0.05) is 159 Å². The van der Waals surface area contributed by atoms with E-state index in [2.05, 4.69) is 37.8 Å². The van der Waals surface area contributed by atoms with Crippen molar-refractivity contribution in [3.63, 3.8) is 0 Å². The van der Waals surface area contributed by atoms with Gasteiger partial charge in [0.05, 0.1) is 27.7 Å². The minimum atomic E-state index is -4.63. The molecule has 56 heavy (non-hydrogen) atoms. The van der Waals surface area contributed by atoms with Crippen LogP contribution in [0.5, 0.6) is 0 Å². The van der Waals surface area contributed by atoms with E-state index in [0.717, 1.165) is 44.9 Å². The molecule has 1 unspecified atom stereocenters. The Hall–Kier alpha value is -1.77. The zero-order chi connectivity index (χ0) is 41.4. The van der Waals surface area contributed by atoms with Crippen molar-refractivity contribution in [3.8, 4) is 0 Å². The Morgan fingerprint density at radius 3 is 1.59 bits per heavy atom. The molecule has 0 aromatic rings. The number of nitrogens with zero attached hydrogens (tertiary/aromatic N) is 1. The van der Waals surface area contributed by atoms with E-state index in [1.54, 1.807) is 0 Å². The molecule has 0 aliphatic rings. The maximum atomic E-state index is 12.7. The van der Waals surface area contributed by atoms with Crippen molar-refractivity contribution in [3.05, 3.63) is 37.0 Å². The number of phosphoric ester groups is 1. The largest absolute Gasteiger partial charge is 0.756 e. The smallest absolute Gasteiger partial charge is 0.306 e. The van der Waals surface area contributed by atoms with E-state index in [0.29, 0.717) is 23.9 Å². The van der Waals surface area contributed by atoms with E-state index in [9.17, 15) is 19.0 Å². The summed E-state index contributed by atoms with van der Waals surface area (Å²) in [6.45, 7) is 5.71. The first-order chi connectivity index (χ1) is 27.0. The number of carbonyl (C=O) groups excluding carboxylic acids is 2. The number of likely N-dealkylation sites (N-methyl/N-ethyl adjacent to an activating group) is 1. The summed E-state index contributed by atoms with van der Waals surface area (Å²) in [5, 5.41) is 0. The number of allylic oxidation sites excluding steroid dienone is 5. The van der Waals surface area contributed by atoms with Gasteiger partial charge in [0.2, 0.25) is 0 Å². The Bertz CT molecular complexity index is 1040. The van der Waals surface area contributed by atoms with E-state index >= 15 is 0 Å². The molecule has 0 saturated heterocycles. The molecule has 0 radical (unpaired) electrons. The second-order valence-corrected chi connectivity index (χ2v) is 17.9. The van der Waals surface area contributed by atoms with Gasteiger partial charge < -0.3 is 27.9 Å². The summed E-state index contributed by atoms with van der Waals surface area (Å²) in [6, 6.07) is 0. The summed E-state index contributed by atoms with van der Waals surface area (Å²) in [6.07, 6.45) is 42.1. The molecule has 0 heterocycles. The summed E-state index contributed by atoms with van der Waals surface area (Å²) in [5.41, 5.74) is 0. The molecular weight excluding hydrogens is 725 g/mol. The van der Waals surface area contributed by atoms with Gasteiger partial charge in [0.25, 0.3) is 7.82 Å². The van der Waals surface area contributed by atoms with E-state index in [1.807, 2.05) is 27.2 Å². The number of ether oxygens (including phenoxy) is 2. The fourth-order valence-corrected chi connectivity index (χ4v) is 6.93. The maximum absolute atomic E-state index is 12.7. The first-order valence-corrected chi connectivity index (χ1v) is 24.1. The second-order valence-electron chi connectivity index (χ2n) is 16.5. The van der Waals surface area contributed by atoms with Crippen LogP contribution in [0.2, 0.25) is 0 Å². The molecule has 0 fully saturated rings. The Labute approximate surface area is 344 Å². The van der Waals surface area contributed by atoms with Crippen LogP contribution in [0, 0.1) is 0 Å². The molecule has 0 aromatic heterocycles. The van der Waals surface area contributed by atoms with Crippen molar-refractivity contribution < 1.29 is 42.1 Å². The van der Waals surface area contributed by atoms with Crippen LogP contribution in [-0.2, 0) is 32.7 Å². The van der Waals surface area contributed by atoms with Gasteiger partial charge in [0, 0.05) is 12.8 Å². The number of quaternary nitrogens is 1. The lowest BCUT2D eigenvalue weighted by Crippen LogP contribution is -2.37. The van der Waals surface area contributed by atoms with Gasteiger partial charge in [-0.25, -0.2) is 0 Å². The molecule has 0 saturated carbocycles. The van der Waals surface area contributed by atoms with Crippen LogP contribution in [0.1, 0.15) is 193 Å².